The monoisotopic (exact) mass is 255 g/mol. The molecule has 2 aromatic rings. The molecule has 0 aromatic heterocycles. The first-order chi connectivity index (χ1) is 9.36. The molecule has 0 aliphatic heterocycles. The molecule has 2 aromatic carbocycles. The van der Waals surface area contributed by atoms with Crippen molar-refractivity contribution >= 4 is 5.71 Å². The number of hydrogen-bond donors (Lipinski definition) is 1. The van der Waals surface area contributed by atoms with E-state index in [1.165, 1.54) is 5.56 Å². The third-order valence-electron chi connectivity index (χ3n) is 2.35. The Morgan fingerprint density at radius 2 is 1.16 bits per heavy atom. The van der Waals surface area contributed by atoms with Crippen molar-refractivity contribution in [2.45, 2.75) is 34.1 Å². The van der Waals surface area contributed by atoms with Gasteiger partial charge >= 0.3 is 0 Å². The molecule has 0 unspecified atom stereocenters. The summed E-state index contributed by atoms with van der Waals surface area (Å²) in [6, 6.07) is 20.0. The summed E-state index contributed by atoms with van der Waals surface area (Å²) in [6.07, 6.45) is 0.699. The molecule has 0 saturated heterocycles. The van der Waals surface area contributed by atoms with Gasteiger partial charge in [0, 0.05) is 12.1 Å². The molecule has 0 spiro atoms. The molecule has 0 aliphatic rings. The Balaban J connectivity index is 0.000000741. The van der Waals surface area contributed by atoms with E-state index in [9.17, 15) is 0 Å². The zero-order valence-electron chi connectivity index (χ0n) is 12.5. The van der Waals surface area contributed by atoms with Crippen molar-refractivity contribution in [2.75, 3.05) is 0 Å². The van der Waals surface area contributed by atoms with Crippen LogP contribution in [0.1, 0.15) is 38.8 Å². The minimum absolute atomic E-state index is 0.668. The predicted octanol–water partition coefficient (Wildman–Crippen LogP) is 5.35. The highest BCUT2D eigenvalue weighted by Crippen LogP contribution is 2.06. The lowest BCUT2D eigenvalue weighted by molar-refractivity contribution is 1.28. The lowest BCUT2D eigenvalue weighted by Crippen LogP contribution is -2.02. The van der Waals surface area contributed by atoms with Gasteiger partial charge in [-0.2, -0.15) is 0 Å². The maximum absolute atomic E-state index is 7.97. The maximum atomic E-state index is 7.97. The first-order valence-corrected chi connectivity index (χ1v) is 7.03. The molecule has 0 aliphatic carbocycles. The first kappa shape index (κ1) is 17.1. The van der Waals surface area contributed by atoms with Crippen molar-refractivity contribution < 1.29 is 0 Å². The Labute approximate surface area is 117 Å². The van der Waals surface area contributed by atoms with Crippen LogP contribution < -0.4 is 0 Å². The van der Waals surface area contributed by atoms with E-state index in [1.807, 2.05) is 76.2 Å². The van der Waals surface area contributed by atoms with E-state index < -0.39 is 0 Å². The summed E-state index contributed by atoms with van der Waals surface area (Å²) < 4.78 is 0. The molecule has 0 bridgehead atoms. The highest BCUT2D eigenvalue weighted by atomic mass is 14.4. The SMILES string of the molecule is CC.CC.N=C(Cc1ccccc1)c1ccccc1. The Kier molecular flexibility index (Phi) is 10.1. The molecule has 0 heterocycles. The lowest BCUT2D eigenvalue weighted by Gasteiger charge is -2.03. The summed E-state index contributed by atoms with van der Waals surface area (Å²) in [4.78, 5) is 0. The molecule has 0 fully saturated rings. The summed E-state index contributed by atoms with van der Waals surface area (Å²) in [5, 5.41) is 7.97. The minimum atomic E-state index is 0.668. The first-order valence-electron chi connectivity index (χ1n) is 7.03. The van der Waals surface area contributed by atoms with Gasteiger partial charge in [0.25, 0.3) is 0 Å². The average Bonchev–Trinajstić information content (AvgIpc) is 2.53. The second kappa shape index (κ2) is 11.2. The van der Waals surface area contributed by atoms with Crippen LogP contribution in [-0.4, -0.2) is 5.71 Å². The fourth-order valence-electron chi connectivity index (χ4n) is 1.54. The summed E-state index contributed by atoms with van der Waals surface area (Å²) in [5.74, 6) is 0. The van der Waals surface area contributed by atoms with Crippen molar-refractivity contribution in [3.8, 4) is 0 Å². The number of rotatable bonds is 3. The second-order valence-corrected chi connectivity index (χ2v) is 3.51. The van der Waals surface area contributed by atoms with E-state index in [-0.39, 0.29) is 0 Å². The molecule has 19 heavy (non-hydrogen) atoms. The highest BCUT2D eigenvalue weighted by molar-refractivity contribution is 5.99. The van der Waals surface area contributed by atoms with Crippen LogP contribution in [0.5, 0.6) is 0 Å². The molecule has 0 radical (unpaired) electrons. The van der Waals surface area contributed by atoms with Crippen LogP contribution >= 0.6 is 0 Å². The van der Waals surface area contributed by atoms with Crippen LogP contribution in [0.15, 0.2) is 60.7 Å². The molecule has 1 nitrogen and oxygen atoms in total. The molecule has 1 heteroatoms. The van der Waals surface area contributed by atoms with Gasteiger partial charge < -0.3 is 5.41 Å². The molecule has 1 N–H and O–H groups in total. The highest BCUT2D eigenvalue weighted by Gasteiger charge is 2.00. The summed E-state index contributed by atoms with van der Waals surface area (Å²) in [7, 11) is 0. The summed E-state index contributed by atoms with van der Waals surface area (Å²) >= 11 is 0. The number of nitrogens with one attached hydrogen (secondary N) is 1. The Hall–Kier alpha value is -1.89. The summed E-state index contributed by atoms with van der Waals surface area (Å²) in [6.45, 7) is 8.00. The molecule has 0 atom stereocenters. The van der Waals surface area contributed by atoms with Gasteiger partial charge in [0.05, 0.1) is 0 Å². The fourth-order valence-corrected chi connectivity index (χ4v) is 1.54. The Morgan fingerprint density at radius 3 is 1.63 bits per heavy atom. The molecule has 102 valence electrons. The second-order valence-electron chi connectivity index (χ2n) is 3.51. The van der Waals surface area contributed by atoms with Crippen molar-refractivity contribution in [1.82, 2.24) is 0 Å². The van der Waals surface area contributed by atoms with Gasteiger partial charge in [-0.15, -0.1) is 0 Å². The van der Waals surface area contributed by atoms with Crippen LogP contribution in [0.4, 0.5) is 0 Å². The molecular formula is C18H25N. The quantitative estimate of drug-likeness (QED) is 0.715. The molecular weight excluding hydrogens is 230 g/mol. The van der Waals surface area contributed by atoms with Crippen molar-refractivity contribution in [3.05, 3.63) is 71.8 Å². The average molecular weight is 255 g/mol. The molecule has 2 rings (SSSR count). The normalized spacial score (nSPS) is 8.42. The largest absolute Gasteiger partial charge is 0.304 e. The van der Waals surface area contributed by atoms with Crippen LogP contribution in [0.25, 0.3) is 0 Å². The van der Waals surface area contributed by atoms with Gasteiger partial charge in [-0.1, -0.05) is 88.4 Å². The number of hydrogen-bond acceptors (Lipinski definition) is 1. The van der Waals surface area contributed by atoms with E-state index in [0.29, 0.717) is 12.1 Å². The minimum Gasteiger partial charge on any atom is -0.304 e. The third-order valence-corrected chi connectivity index (χ3v) is 2.35. The predicted molar refractivity (Wildman–Crippen MR) is 86.1 cm³/mol. The van der Waals surface area contributed by atoms with E-state index in [0.717, 1.165) is 5.56 Å². The Morgan fingerprint density at radius 1 is 0.737 bits per heavy atom. The van der Waals surface area contributed by atoms with Crippen LogP contribution in [0, 0.1) is 5.41 Å². The molecule has 0 saturated carbocycles. The van der Waals surface area contributed by atoms with Gasteiger partial charge in [-0.3, -0.25) is 0 Å². The topological polar surface area (TPSA) is 23.9 Å². The van der Waals surface area contributed by atoms with Gasteiger partial charge in [0.15, 0.2) is 0 Å². The van der Waals surface area contributed by atoms with Gasteiger partial charge in [0.1, 0.15) is 0 Å². The standard InChI is InChI=1S/C14H13N.2C2H6/c15-14(13-9-5-2-6-10-13)11-12-7-3-1-4-8-12;2*1-2/h1-10,15H,11H2;2*1-2H3. The van der Waals surface area contributed by atoms with E-state index in [4.69, 9.17) is 5.41 Å². The van der Waals surface area contributed by atoms with Crippen molar-refractivity contribution in [1.29, 1.82) is 5.41 Å². The number of benzene rings is 2. The smallest absolute Gasteiger partial charge is 0.0429 e. The van der Waals surface area contributed by atoms with Crippen LogP contribution in [-0.2, 0) is 6.42 Å². The van der Waals surface area contributed by atoms with E-state index >= 15 is 0 Å². The van der Waals surface area contributed by atoms with E-state index in [1.54, 1.807) is 0 Å². The maximum Gasteiger partial charge on any atom is 0.0429 e. The van der Waals surface area contributed by atoms with Crippen molar-refractivity contribution in [2.24, 2.45) is 0 Å². The van der Waals surface area contributed by atoms with Gasteiger partial charge in [-0.25, -0.2) is 0 Å². The van der Waals surface area contributed by atoms with Crippen LogP contribution in [0.2, 0.25) is 0 Å². The fraction of sp³-hybridized carbons (Fsp3) is 0.278. The molecule has 0 amide bonds. The zero-order valence-corrected chi connectivity index (χ0v) is 12.5. The Bertz CT molecular complexity index is 432. The summed E-state index contributed by atoms with van der Waals surface area (Å²) in [5.41, 5.74) is 2.86. The van der Waals surface area contributed by atoms with Crippen LogP contribution in [0.3, 0.4) is 0 Å². The zero-order chi connectivity index (χ0) is 14.5. The lowest BCUT2D eigenvalue weighted by atomic mass is 10.0. The third kappa shape index (κ3) is 6.56. The van der Waals surface area contributed by atoms with Gasteiger partial charge in [-0.05, 0) is 11.1 Å². The van der Waals surface area contributed by atoms with Gasteiger partial charge in [0.2, 0.25) is 0 Å². The van der Waals surface area contributed by atoms with E-state index in [2.05, 4.69) is 12.1 Å². The van der Waals surface area contributed by atoms with Crippen molar-refractivity contribution in [3.63, 3.8) is 0 Å².